The van der Waals surface area contributed by atoms with E-state index in [1.807, 2.05) is 24.3 Å². The first-order valence-corrected chi connectivity index (χ1v) is 7.43. The van der Waals surface area contributed by atoms with Gasteiger partial charge in [-0.25, -0.2) is 5.84 Å². The summed E-state index contributed by atoms with van der Waals surface area (Å²) in [5.41, 5.74) is 4.33. The van der Waals surface area contributed by atoms with Gasteiger partial charge in [-0.3, -0.25) is 15.1 Å². The minimum Gasteiger partial charge on any atom is -0.454 e. The van der Waals surface area contributed by atoms with Gasteiger partial charge in [-0.15, -0.1) is 11.3 Å². The van der Waals surface area contributed by atoms with Crippen molar-refractivity contribution in [2.24, 2.45) is 5.84 Å². The number of furan rings is 1. The molecule has 2 aromatic heterocycles. The van der Waals surface area contributed by atoms with Gasteiger partial charge in [0.05, 0.1) is 6.54 Å². The molecule has 1 aliphatic rings. The molecule has 0 saturated heterocycles. The van der Waals surface area contributed by atoms with Crippen LogP contribution in [0.1, 0.15) is 32.3 Å². The van der Waals surface area contributed by atoms with Crippen LogP contribution in [0.4, 0.5) is 0 Å². The van der Waals surface area contributed by atoms with Crippen LogP contribution in [0.25, 0.3) is 0 Å². The highest BCUT2D eigenvalue weighted by Gasteiger charge is 2.20. The van der Waals surface area contributed by atoms with Gasteiger partial charge in [-0.05, 0) is 36.4 Å². The van der Waals surface area contributed by atoms with E-state index >= 15 is 0 Å². The number of hydrazine groups is 1. The Morgan fingerprint density at radius 1 is 1.60 bits per heavy atom. The monoisotopic (exact) mass is 291 g/mol. The van der Waals surface area contributed by atoms with Crippen molar-refractivity contribution in [3.05, 3.63) is 45.0 Å². The molecule has 0 aliphatic carbocycles. The fourth-order valence-electron chi connectivity index (χ4n) is 2.58. The number of rotatable bonds is 3. The van der Waals surface area contributed by atoms with Gasteiger partial charge in [0, 0.05) is 23.5 Å². The number of carbonyl (C=O) groups is 1. The molecule has 106 valence electrons. The van der Waals surface area contributed by atoms with E-state index in [2.05, 4.69) is 21.8 Å². The molecule has 0 saturated carbocycles. The Labute approximate surface area is 121 Å². The molecule has 0 atom stereocenters. The topological polar surface area (TPSA) is 71.5 Å². The van der Waals surface area contributed by atoms with Crippen molar-refractivity contribution in [1.29, 1.82) is 0 Å². The number of nitrogens with one attached hydrogen (secondary N) is 1. The molecule has 3 rings (SSSR count). The second kappa shape index (κ2) is 5.40. The Balaban J connectivity index is 1.71. The number of hydrogen-bond acceptors (Lipinski definition) is 5. The predicted octanol–water partition coefficient (Wildman–Crippen LogP) is 1.81. The Hall–Kier alpha value is -1.63. The fourth-order valence-corrected chi connectivity index (χ4v) is 3.47. The zero-order chi connectivity index (χ0) is 14.1. The van der Waals surface area contributed by atoms with Gasteiger partial charge < -0.3 is 4.42 Å². The molecule has 3 heterocycles. The average molecular weight is 291 g/mol. The zero-order valence-corrected chi connectivity index (χ0v) is 12.1. The van der Waals surface area contributed by atoms with Crippen molar-refractivity contribution in [2.75, 3.05) is 6.54 Å². The van der Waals surface area contributed by atoms with Crippen LogP contribution in [0.2, 0.25) is 0 Å². The second-order valence-electron chi connectivity index (χ2n) is 5.03. The smallest absolute Gasteiger partial charge is 0.301 e. The van der Waals surface area contributed by atoms with E-state index in [4.69, 9.17) is 10.3 Å². The van der Waals surface area contributed by atoms with Gasteiger partial charge in [0.25, 0.3) is 0 Å². The van der Waals surface area contributed by atoms with Gasteiger partial charge in [0.1, 0.15) is 5.76 Å². The highest BCUT2D eigenvalue weighted by atomic mass is 32.1. The van der Waals surface area contributed by atoms with Crippen LogP contribution in [-0.4, -0.2) is 17.4 Å². The molecule has 1 amide bonds. The highest BCUT2D eigenvalue weighted by molar-refractivity contribution is 7.10. The molecule has 20 heavy (non-hydrogen) atoms. The maximum Gasteiger partial charge on any atom is 0.301 e. The summed E-state index contributed by atoms with van der Waals surface area (Å²) in [7, 11) is 0. The van der Waals surface area contributed by atoms with Gasteiger partial charge in [-0.1, -0.05) is 0 Å². The van der Waals surface area contributed by atoms with E-state index in [1.54, 1.807) is 0 Å². The summed E-state index contributed by atoms with van der Waals surface area (Å²) < 4.78 is 5.61. The minimum absolute atomic E-state index is 0.302. The average Bonchev–Trinajstić information content (AvgIpc) is 3.04. The molecular formula is C14H17N3O2S. The Morgan fingerprint density at radius 2 is 2.45 bits per heavy atom. The molecule has 6 heteroatoms. The number of nitrogens with zero attached hydrogens (tertiary/aromatic N) is 1. The molecule has 0 bridgehead atoms. The first kappa shape index (κ1) is 13.4. The number of fused-ring (bicyclic) bond motifs is 1. The lowest BCUT2D eigenvalue weighted by Gasteiger charge is -2.25. The van der Waals surface area contributed by atoms with Crippen molar-refractivity contribution in [3.8, 4) is 0 Å². The standard InChI is InChI=1S/C14H17N3O2S/c1-9-6-11(19-13(9)14(18)16-15)8-17-4-2-12-10(7-17)3-5-20-12/h3,5-6H,2,4,7-8,15H2,1H3,(H,16,18). The zero-order valence-electron chi connectivity index (χ0n) is 11.3. The van der Waals surface area contributed by atoms with Crippen LogP contribution in [-0.2, 0) is 19.5 Å². The third-order valence-electron chi connectivity index (χ3n) is 3.57. The van der Waals surface area contributed by atoms with Crippen molar-refractivity contribution in [3.63, 3.8) is 0 Å². The number of thiophene rings is 1. The first-order valence-electron chi connectivity index (χ1n) is 6.55. The quantitative estimate of drug-likeness (QED) is 0.514. The number of nitrogens with two attached hydrogens (primary N) is 1. The van der Waals surface area contributed by atoms with E-state index < -0.39 is 0 Å². The first-order chi connectivity index (χ1) is 9.67. The number of amides is 1. The molecule has 0 fully saturated rings. The van der Waals surface area contributed by atoms with Crippen molar-refractivity contribution < 1.29 is 9.21 Å². The number of hydrogen-bond donors (Lipinski definition) is 2. The van der Waals surface area contributed by atoms with Crippen molar-refractivity contribution in [2.45, 2.75) is 26.4 Å². The molecular weight excluding hydrogens is 274 g/mol. The van der Waals surface area contributed by atoms with E-state index in [9.17, 15) is 4.79 Å². The third-order valence-corrected chi connectivity index (χ3v) is 4.60. The van der Waals surface area contributed by atoms with Crippen LogP contribution in [0.5, 0.6) is 0 Å². The van der Waals surface area contributed by atoms with E-state index in [0.29, 0.717) is 12.3 Å². The molecule has 0 spiro atoms. The summed E-state index contributed by atoms with van der Waals surface area (Å²) in [5, 5.41) is 2.15. The van der Waals surface area contributed by atoms with Gasteiger partial charge in [0.15, 0.2) is 5.76 Å². The van der Waals surface area contributed by atoms with Gasteiger partial charge in [0.2, 0.25) is 0 Å². The molecule has 1 aliphatic heterocycles. The summed E-state index contributed by atoms with van der Waals surface area (Å²) >= 11 is 1.83. The summed E-state index contributed by atoms with van der Waals surface area (Å²) in [4.78, 5) is 15.3. The second-order valence-corrected chi connectivity index (χ2v) is 6.03. The summed E-state index contributed by atoms with van der Waals surface area (Å²) in [5.74, 6) is 5.86. The molecule has 0 unspecified atom stereocenters. The Bertz CT molecular complexity index is 632. The Kier molecular flexibility index (Phi) is 3.60. The largest absolute Gasteiger partial charge is 0.454 e. The Morgan fingerprint density at radius 3 is 3.25 bits per heavy atom. The lowest BCUT2D eigenvalue weighted by Crippen LogP contribution is -2.30. The van der Waals surface area contributed by atoms with E-state index in [1.165, 1.54) is 10.4 Å². The van der Waals surface area contributed by atoms with E-state index in [0.717, 1.165) is 30.8 Å². The number of nitrogen functional groups attached to an aromatic ring is 1. The van der Waals surface area contributed by atoms with Gasteiger partial charge >= 0.3 is 5.91 Å². The summed E-state index contributed by atoms with van der Waals surface area (Å²) in [6.45, 7) is 4.53. The van der Waals surface area contributed by atoms with Crippen LogP contribution < -0.4 is 11.3 Å². The van der Waals surface area contributed by atoms with Gasteiger partial charge in [-0.2, -0.15) is 0 Å². The SMILES string of the molecule is Cc1cc(CN2CCc3sccc3C2)oc1C(=O)NN. The third kappa shape index (κ3) is 2.49. The molecule has 2 aromatic rings. The maximum absolute atomic E-state index is 11.5. The highest BCUT2D eigenvalue weighted by Crippen LogP contribution is 2.25. The fraction of sp³-hybridized carbons (Fsp3) is 0.357. The molecule has 3 N–H and O–H groups in total. The predicted molar refractivity (Wildman–Crippen MR) is 77.2 cm³/mol. The lowest BCUT2D eigenvalue weighted by molar-refractivity contribution is 0.0920. The van der Waals surface area contributed by atoms with Crippen LogP contribution in [0.3, 0.4) is 0 Å². The van der Waals surface area contributed by atoms with Crippen LogP contribution in [0.15, 0.2) is 21.9 Å². The van der Waals surface area contributed by atoms with E-state index in [-0.39, 0.29) is 5.91 Å². The normalized spacial score (nSPS) is 15.1. The molecule has 0 radical (unpaired) electrons. The summed E-state index contributed by atoms with van der Waals surface area (Å²) in [6, 6.07) is 4.10. The van der Waals surface area contributed by atoms with Crippen molar-refractivity contribution >= 4 is 17.2 Å². The number of aryl methyl sites for hydroxylation is 1. The number of carbonyl (C=O) groups excluding carboxylic acids is 1. The minimum atomic E-state index is -0.382. The molecule has 5 nitrogen and oxygen atoms in total. The van der Waals surface area contributed by atoms with Crippen molar-refractivity contribution in [1.82, 2.24) is 10.3 Å². The maximum atomic E-state index is 11.5. The lowest BCUT2D eigenvalue weighted by atomic mass is 10.1. The summed E-state index contributed by atoms with van der Waals surface area (Å²) in [6.07, 6.45) is 1.09. The van der Waals surface area contributed by atoms with Crippen LogP contribution >= 0.6 is 11.3 Å². The van der Waals surface area contributed by atoms with Crippen LogP contribution in [0, 0.1) is 6.92 Å². The molecule has 0 aromatic carbocycles.